The Kier molecular flexibility index (Phi) is 6.27. The van der Waals surface area contributed by atoms with Crippen LogP contribution in [0.1, 0.15) is 28.5 Å². The van der Waals surface area contributed by atoms with Gasteiger partial charge < -0.3 is 14.4 Å². The van der Waals surface area contributed by atoms with Gasteiger partial charge >= 0.3 is 12.0 Å². The minimum atomic E-state index is -0.738. The van der Waals surface area contributed by atoms with E-state index < -0.39 is 41.6 Å². The topological polar surface area (TPSA) is 102 Å². The summed E-state index contributed by atoms with van der Waals surface area (Å²) in [5.41, 5.74) is 1.15. The Morgan fingerprint density at radius 2 is 1.78 bits per heavy atom. The maximum atomic E-state index is 14.4. The van der Waals surface area contributed by atoms with E-state index >= 15 is 0 Å². The number of nitrogens with zero attached hydrogens (tertiary/aromatic N) is 6. The number of halogens is 3. The van der Waals surface area contributed by atoms with E-state index in [9.17, 15) is 22.8 Å². The van der Waals surface area contributed by atoms with Gasteiger partial charge in [-0.1, -0.05) is 0 Å². The van der Waals surface area contributed by atoms with E-state index in [1.165, 1.54) is 52.2 Å². The quantitative estimate of drug-likeness (QED) is 0.485. The maximum absolute atomic E-state index is 14.4. The SMILES string of the molecule is COC(=O)c1cc(-c2cc(OC3CN(C(=O)N4N=CCC4c4cc(F)cc(F)c4)C3)c(F)cn2)n(C)n1. The van der Waals surface area contributed by atoms with Gasteiger partial charge in [0.2, 0.25) is 0 Å². The summed E-state index contributed by atoms with van der Waals surface area (Å²) in [5, 5.41) is 9.32. The molecular formula is C24H21F3N6O4. The Bertz CT molecular complexity index is 1380. The zero-order valence-electron chi connectivity index (χ0n) is 19.8. The molecule has 2 aromatic heterocycles. The molecule has 0 saturated carbocycles. The lowest BCUT2D eigenvalue weighted by Gasteiger charge is -2.41. The van der Waals surface area contributed by atoms with Gasteiger partial charge in [0.05, 0.1) is 43.8 Å². The van der Waals surface area contributed by atoms with E-state index in [0.29, 0.717) is 23.4 Å². The summed E-state index contributed by atoms with van der Waals surface area (Å²) < 4.78 is 53.6. The fourth-order valence-electron chi connectivity index (χ4n) is 4.20. The minimum Gasteiger partial charge on any atom is -0.483 e. The van der Waals surface area contributed by atoms with Gasteiger partial charge in [0, 0.05) is 37.9 Å². The zero-order valence-corrected chi connectivity index (χ0v) is 19.8. The summed E-state index contributed by atoms with van der Waals surface area (Å²) in [6, 6.07) is 4.87. The van der Waals surface area contributed by atoms with Gasteiger partial charge in [-0.3, -0.25) is 9.67 Å². The van der Waals surface area contributed by atoms with Gasteiger partial charge in [0.1, 0.15) is 17.7 Å². The van der Waals surface area contributed by atoms with E-state index in [4.69, 9.17) is 4.74 Å². The van der Waals surface area contributed by atoms with E-state index in [0.717, 1.165) is 12.3 Å². The van der Waals surface area contributed by atoms with Crippen molar-refractivity contribution in [2.45, 2.75) is 18.6 Å². The number of likely N-dealkylation sites (tertiary alicyclic amines) is 1. The lowest BCUT2D eigenvalue weighted by Crippen LogP contribution is -2.58. The second-order valence-electron chi connectivity index (χ2n) is 8.55. The minimum absolute atomic E-state index is 0.0739. The zero-order chi connectivity index (χ0) is 26.3. The highest BCUT2D eigenvalue weighted by atomic mass is 19.1. The summed E-state index contributed by atoms with van der Waals surface area (Å²) in [4.78, 5) is 30.2. The fourth-order valence-corrected chi connectivity index (χ4v) is 4.20. The molecule has 1 saturated heterocycles. The molecule has 0 bridgehead atoms. The molecule has 10 nitrogen and oxygen atoms in total. The van der Waals surface area contributed by atoms with Crippen molar-refractivity contribution < 1.29 is 32.2 Å². The molecule has 13 heteroatoms. The molecule has 2 aliphatic heterocycles. The first-order valence-electron chi connectivity index (χ1n) is 11.2. The number of aromatic nitrogens is 3. The van der Waals surface area contributed by atoms with Gasteiger partial charge in [0.25, 0.3) is 0 Å². The molecule has 0 N–H and O–H groups in total. The number of benzene rings is 1. The van der Waals surface area contributed by atoms with E-state index in [-0.39, 0.29) is 24.5 Å². The molecular weight excluding hydrogens is 493 g/mol. The van der Waals surface area contributed by atoms with Crippen LogP contribution in [0.4, 0.5) is 18.0 Å². The monoisotopic (exact) mass is 514 g/mol. The number of methoxy groups -OCH3 is 1. The molecule has 0 radical (unpaired) electrons. The number of ether oxygens (including phenoxy) is 2. The van der Waals surface area contributed by atoms with Crippen molar-refractivity contribution in [1.29, 1.82) is 0 Å². The third-order valence-electron chi connectivity index (χ3n) is 6.06. The molecule has 3 aromatic rings. The number of hydrazone groups is 1. The summed E-state index contributed by atoms with van der Waals surface area (Å²) in [5.74, 6) is -2.86. The number of rotatable bonds is 5. The number of carbonyl (C=O) groups excluding carboxylic acids is 2. The van der Waals surface area contributed by atoms with Gasteiger partial charge in [-0.2, -0.15) is 10.2 Å². The van der Waals surface area contributed by atoms with Crippen molar-refractivity contribution in [3.8, 4) is 17.1 Å². The van der Waals surface area contributed by atoms with Crippen LogP contribution in [-0.4, -0.2) is 69.2 Å². The third kappa shape index (κ3) is 4.71. The Balaban J connectivity index is 1.25. The summed E-state index contributed by atoms with van der Waals surface area (Å²) in [7, 11) is 2.85. The Labute approximate surface area is 208 Å². The Morgan fingerprint density at radius 3 is 2.49 bits per heavy atom. The third-order valence-corrected chi connectivity index (χ3v) is 6.06. The molecule has 192 valence electrons. The average molecular weight is 514 g/mol. The molecule has 1 unspecified atom stereocenters. The first-order valence-corrected chi connectivity index (χ1v) is 11.2. The lowest BCUT2D eigenvalue weighted by atomic mass is 10.0. The second-order valence-corrected chi connectivity index (χ2v) is 8.55. The predicted octanol–water partition coefficient (Wildman–Crippen LogP) is 3.30. The van der Waals surface area contributed by atoms with Crippen molar-refractivity contribution in [3.05, 3.63) is 65.2 Å². The lowest BCUT2D eigenvalue weighted by molar-refractivity contribution is 0.0256. The smallest absolute Gasteiger partial charge is 0.358 e. The van der Waals surface area contributed by atoms with E-state index in [1.54, 1.807) is 7.05 Å². The van der Waals surface area contributed by atoms with Crippen molar-refractivity contribution in [2.24, 2.45) is 12.1 Å². The van der Waals surface area contributed by atoms with Crippen molar-refractivity contribution in [3.63, 3.8) is 0 Å². The highest BCUT2D eigenvalue weighted by molar-refractivity contribution is 5.88. The Morgan fingerprint density at radius 1 is 1.05 bits per heavy atom. The Hall–Kier alpha value is -4.42. The number of urea groups is 1. The molecule has 4 heterocycles. The average Bonchev–Trinajstić information content (AvgIpc) is 3.48. The number of carbonyl (C=O) groups is 2. The number of amides is 2. The van der Waals surface area contributed by atoms with Crippen molar-refractivity contribution >= 4 is 18.2 Å². The molecule has 1 fully saturated rings. The van der Waals surface area contributed by atoms with Crippen molar-refractivity contribution in [2.75, 3.05) is 20.2 Å². The van der Waals surface area contributed by atoms with Crippen LogP contribution >= 0.6 is 0 Å². The largest absolute Gasteiger partial charge is 0.483 e. The summed E-state index contributed by atoms with van der Waals surface area (Å²) >= 11 is 0. The molecule has 2 amide bonds. The fraction of sp³-hybridized carbons (Fsp3) is 0.292. The molecule has 1 aromatic carbocycles. The molecule has 2 aliphatic rings. The van der Waals surface area contributed by atoms with Crippen molar-refractivity contribution in [1.82, 2.24) is 24.7 Å². The number of hydrogen-bond acceptors (Lipinski definition) is 7. The number of aryl methyl sites for hydroxylation is 1. The summed E-state index contributed by atoms with van der Waals surface area (Å²) in [6.07, 6.45) is 2.33. The van der Waals surface area contributed by atoms with Gasteiger partial charge in [0.15, 0.2) is 17.3 Å². The highest BCUT2D eigenvalue weighted by Crippen LogP contribution is 2.32. The highest BCUT2D eigenvalue weighted by Gasteiger charge is 2.39. The number of esters is 1. The summed E-state index contributed by atoms with van der Waals surface area (Å²) in [6.45, 7) is 0.314. The molecule has 37 heavy (non-hydrogen) atoms. The van der Waals surface area contributed by atoms with Crippen LogP contribution in [0.2, 0.25) is 0 Å². The number of pyridine rings is 1. The van der Waals surface area contributed by atoms with Gasteiger partial charge in [-0.05, 0) is 17.7 Å². The first-order chi connectivity index (χ1) is 17.7. The second kappa shape index (κ2) is 9.56. The normalized spacial score (nSPS) is 17.2. The molecule has 0 aliphatic carbocycles. The van der Waals surface area contributed by atoms with Crippen LogP contribution in [0.25, 0.3) is 11.4 Å². The predicted molar refractivity (Wildman–Crippen MR) is 123 cm³/mol. The van der Waals surface area contributed by atoms with Gasteiger partial charge in [-0.15, -0.1) is 0 Å². The molecule has 0 spiro atoms. The maximum Gasteiger partial charge on any atom is 0.358 e. The molecule has 1 atom stereocenters. The van der Waals surface area contributed by atoms with Crippen LogP contribution in [0.5, 0.6) is 5.75 Å². The van der Waals surface area contributed by atoms with E-state index in [1.807, 2.05) is 0 Å². The number of hydrogen-bond donors (Lipinski definition) is 0. The van der Waals surface area contributed by atoms with E-state index in [2.05, 4.69) is 19.9 Å². The molecule has 5 rings (SSSR count). The van der Waals surface area contributed by atoms with Crippen LogP contribution in [0, 0.1) is 17.5 Å². The van der Waals surface area contributed by atoms with Crippen LogP contribution < -0.4 is 4.74 Å². The van der Waals surface area contributed by atoms with Crippen LogP contribution in [0.15, 0.2) is 41.6 Å². The standard InChI is InChI=1S/C24H21F3N6O4/c1-31-21(8-19(30-31)23(34)36-2)18-9-22(17(27)10-28-18)37-16-11-32(12-16)24(35)33-20(3-4-29-33)13-5-14(25)7-15(26)6-13/h4-10,16,20H,3,11-12H2,1-2H3. The van der Waals surface area contributed by atoms with Crippen LogP contribution in [0.3, 0.4) is 0 Å². The van der Waals surface area contributed by atoms with Crippen LogP contribution in [-0.2, 0) is 11.8 Å². The first kappa shape index (κ1) is 24.3. The van der Waals surface area contributed by atoms with Gasteiger partial charge in [-0.25, -0.2) is 27.8 Å².